The summed E-state index contributed by atoms with van der Waals surface area (Å²) in [4.78, 5) is 36.6. The number of hydrogen-bond donors (Lipinski definition) is 1. The van der Waals surface area contributed by atoms with Gasteiger partial charge in [0.05, 0.1) is 0 Å². The summed E-state index contributed by atoms with van der Waals surface area (Å²) in [6.07, 6.45) is 0. The summed E-state index contributed by atoms with van der Waals surface area (Å²) in [6, 6.07) is 9.93. The van der Waals surface area contributed by atoms with Crippen molar-refractivity contribution in [1.82, 2.24) is 10.2 Å². The molecule has 1 aliphatic rings. The first kappa shape index (κ1) is 15.4. The van der Waals surface area contributed by atoms with Gasteiger partial charge in [-0.05, 0) is 39.6 Å². The number of amides is 2. The van der Waals surface area contributed by atoms with E-state index in [0.29, 0.717) is 6.54 Å². The monoisotopic (exact) mass is 328 g/mol. The van der Waals surface area contributed by atoms with Crippen molar-refractivity contribution in [2.75, 3.05) is 13.6 Å². The van der Waals surface area contributed by atoms with E-state index in [1.807, 2.05) is 35.7 Å². The lowest BCUT2D eigenvalue weighted by Crippen LogP contribution is -2.35. The van der Waals surface area contributed by atoms with Gasteiger partial charge in [0.1, 0.15) is 5.92 Å². The molecule has 1 fully saturated rings. The molecule has 1 aromatic heterocycles. The summed E-state index contributed by atoms with van der Waals surface area (Å²) in [5.74, 6) is -2.51. The third-order valence-electron chi connectivity index (χ3n) is 3.90. The molecule has 5 nitrogen and oxygen atoms in total. The van der Waals surface area contributed by atoms with Crippen LogP contribution in [0.5, 0.6) is 0 Å². The Morgan fingerprint density at radius 1 is 1.30 bits per heavy atom. The van der Waals surface area contributed by atoms with Crippen molar-refractivity contribution in [2.24, 2.45) is 5.92 Å². The van der Waals surface area contributed by atoms with Crippen LogP contribution >= 0.6 is 11.3 Å². The highest BCUT2D eigenvalue weighted by Gasteiger charge is 2.41. The summed E-state index contributed by atoms with van der Waals surface area (Å²) >= 11 is 1.63. The zero-order valence-electron chi connectivity index (χ0n) is 12.6. The fourth-order valence-corrected chi connectivity index (χ4v) is 3.25. The van der Waals surface area contributed by atoms with Gasteiger partial charge in [-0.3, -0.25) is 14.4 Å². The summed E-state index contributed by atoms with van der Waals surface area (Å²) in [5, 5.41) is 6.83. The molecule has 0 aliphatic carbocycles. The Hall–Kier alpha value is -2.47. The minimum atomic E-state index is -0.896. The Labute approximate surface area is 137 Å². The molecular weight excluding hydrogens is 312 g/mol. The zero-order chi connectivity index (χ0) is 16.4. The summed E-state index contributed by atoms with van der Waals surface area (Å²) < 4.78 is 0. The first-order valence-electron chi connectivity index (χ1n) is 7.25. The number of nitrogens with zero attached hydrogens (tertiary/aromatic N) is 1. The molecule has 0 bridgehead atoms. The Bertz CT molecular complexity index is 755. The third kappa shape index (κ3) is 3.17. The Morgan fingerprint density at radius 2 is 2.13 bits per heavy atom. The lowest BCUT2D eigenvalue weighted by molar-refractivity contribution is -0.142. The minimum Gasteiger partial charge on any atom is -0.351 e. The van der Waals surface area contributed by atoms with E-state index < -0.39 is 23.5 Å². The molecule has 3 rings (SSSR count). The molecule has 0 radical (unpaired) electrons. The fraction of sp³-hybridized carbons (Fsp3) is 0.235. The maximum absolute atomic E-state index is 12.1. The van der Waals surface area contributed by atoms with E-state index >= 15 is 0 Å². The third-order valence-corrected chi connectivity index (χ3v) is 4.58. The van der Waals surface area contributed by atoms with E-state index in [1.165, 1.54) is 11.9 Å². The summed E-state index contributed by atoms with van der Waals surface area (Å²) in [7, 11) is 1.53. The van der Waals surface area contributed by atoms with Gasteiger partial charge in [-0.15, -0.1) is 0 Å². The van der Waals surface area contributed by atoms with E-state index in [4.69, 9.17) is 0 Å². The van der Waals surface area contributed by atoms with Crippen LogP contribution in [0.1, 0.15) is 5.56 Å². The van der Waals surface area contributed by atoms with Gasteiger partial charge < -0.3 is 10.2 Å². The van der Waals surface area contributed by atoms with Gasteiger partial charge >= 0.3 is 0 Å². The van der Waals surface area contributed by atoms with E-state index in [9.17, 15) is 14.4 Å². The van der Waals surface area contributed by atoms with E-state index in [1.54, 1.807) is 11.3 Å². The van der Waals surface area contributed by atoms with Crippen LogP contribution in [0.4, 0.5) is 0 Å². The average molecular weight is 328 g/mol. The second kappa shape index (κ2) is 6.34. The van der Waals surface area contributed by atoms with Crippen molar-refractivity contribution in [3.8, 4) is 11.1 Å². The molecule has 23 heavy (non-hydrogen) atoms. The van der Waals surface area contributed by atoms with E-state index in [2.05, 4.69) is 10.7 Å². The molecule has 1 N–H and O–H groups in total. The number of Topliss-reactive ketones (excluding diaryl/α,β-unsaturated/α-hetero) is 1. The standard InChI is InChI=1S/C17H16N2O3S/c1-19-9-14(15(20)17(19)22)16(21)18-8-11-3-2-4-12(7-11)13-5-6-23-10-13/h2-7,10,14H,8-9H2,1H3,(H,18,21). The first-order valence-corrected chi connectivity index (χ1v) is 8.19. The van der Waals surface area contributed by atoms with Gasteiger partial charge in [0, 0.05) is 20.1 Å². The van der Waals surface area contributed by atoms with Crippen molar-refractivity contribution in [3.05, 3.63) is 46.7 Å². The van der Waals surface area contributed by atoms with Gasteiger partial charge in [0.25, 0.3) is 5.91 Å². The number of rotatable bonds is 4. The molecule has 1 unspecified atom stereocenters. The van der Waals surface area contributed by atoms with Crippen LogP contribution in [0, 0.1) is 5.92 Å². The topological polar surface area (TPSA) is 66.5 Å². The van der Waals surface area contributed by atoms with Crippen molar-refractivity contribution in [1.29, 1.82) is 0 Å². The van der Waals surface area contributed by atoms with Crippen molar-refractivity contribution in [2.45, 2.75) is 6.54 Å². The fourth-order valence-electron chi connectivity index (χ4n) is 2.58. The Kier molecular flexibility index (Phi) is 4.25. The quantitative estimate of drug-likeness (QED) is 0.686. The lowest BCUT2D eigenvalue weighted by atomic mass is 10.0. The molecule has 0 saturated carbocycles. The van der Waals surface area contributed by atoms with Crippen LogP contribution in [0.15, 0.2) is 41.1 Å². The van der Waals surface area contributed by atoms with E-state index in [0.717, 1.165) is 16.7 Å². The van der Waals surface area contributed by atoms with Crippen molar-refractivity contribution >= 4 is 28.9 Å². The average Bonchev–Trinajstić information content (AvgIpc) is 3.18. The summed E-state index contributed by atoms with van der Waals surface area (Å²) in [5.41, 5.74) is 3.18. The van der Waals surface area contributed by atoms with Crippen molar-refractivity contribution < 1.29 is 14.4 Å². The lowest BCUT2D eigenvalue weighted by Gasteiger charge is -2.10. The molecule has 0 spiro atoms. The number of benzene rings is 1. The second-order valence-electron chi connectivity index (χ2n) is 5.53. The van der Waals surface area contributed by atoms with Crippen molar-refractivity contribution in [3.63, 3.8) is 0 Å². The molecule has 2 amide bonds. The maximum atomic E-state index is 12.1. The number of hydrogen-bond acceptors (Lipinski definition) is 4. The molecule has 1 aromatic carbocycles. The second-order valence-corrected chi connectivity index (χ2v) is 6.31. The molecule has 2 aromatic rings. The molecule has 1 atom stereocenters. The van der Waals surface area contributed by atoms with Gasteiger partial charge in [-0.1, -0.05) is 18.2 Å². The number of ketones is 1. The van der Waals surface area contributed by atoms with Gasteiger partial charge in [0.2, 0.25) is 11.7 Å². The zero-order valence-corrected chi connectivity index (χ0v) is 13.4. The van der Waals surface area contributed by atoms with Crippen LogP contribution in [0.25, 0.3) is 11.1 Å². The predicted octanol–water partition coefficient (Wildman–Crippen LogP) is 1.69. The van der Waals surface area contributed by atoms with Gasteiger partial charge in [-0.2, -0.15) is 11.3 Å². The Morgan fingerprint density at radius 3 is 2.78 bits per heavy atom. The highest BCUT2D eigenvalue weighted by atomic mass is 32.1. The van der Waals surface area contributed by atoms with Gasteiger partial charge in [0.15, 0.2) is 0 Å². The number of nitrogens with one attached hydrogen (secondary N) is 1. The molecule has 118 valence electrons. The number of likely N-dealkylation sites (N-methyl/N-ethyl adjacent to an activating group) is 1. The highest BCUT2D eigenvalue weighted by molar-refractivity contribution is 7.08. The number of carbonyl (C=O) groups excluding carboxylic acids is 3. The SMILES string of the molecule is CN1CC(C(=O)NCc2cccc(-c3ccsc3)c2)C(=O)C1=O. The van der Waals surface area contributed by atoms with Crippen LogP contribution in [0.3, 0.4) is 0 Å². The molecule has 1 saturated heterocycles. The minimum absolute atomic E-state index is 0.151. The van der Waals surface area contributed by atoms with Crippen LogP contribution < -0.4 is 5.32 Å². The van der Waals surface area contributed by atoms with Crippen LogP contribution in [-0.2, 0) is 20.9 Å². The normalized spacial score (nSPS) is 17.6. The molecule has 6 heteroatoms. The maximum Gasteiger partial charge on any atom is 0.290 e. The molecule has 2 heterocycles. The number of carbonyl (C=O) groups is 3. The Balaban J connectivity index is 1.65. The largest absolute Gasteiger partial charge is 0.351 e. The smallest absolute Gasteiger partial charge is 0.290 e. The van der Waals surface area contributed by atoms with E-state index in [-0.39, 0.29) is 6.54 Å². The number of likely N-dealkylation sites (tertiary alicyclic amines) is 1. The highest BCUT2D eigenvalue weighted by Crippen LogP contribution is 2.23. The summed E-state index contributed by atoms with van der Waals surface area (Å²) in [6.45, 7) is 0.483. The molecular formula is C17H16N2O3S. The number of thiophene rings is 1. The predicted molar refractivity (Wildman–Crippen MR) is 87.7 cm³/mol. The van der Waals surface area contributed by atoms with Crippen LogP contribution in [-0.4, -0.2) is 36.1 Å². The van der Waals surface area contributed by atoms with Gasteiger partial charge in [-0.25, -0.2) is 0 Å². The van der Waals surface area contributed by atoms with Crippen LogP contribution in [0.2, 0.25) is 0 Å². The molecule has 1 aliphatic heterocycles. The first-order chi connectivity index (χ1) is 11.1.